The first-order chi connectivity index (χ1) is 6.77. The molecule has 0 radical (unpaired) electrons. The molecule has 80 valence electrons. The van der Waals surface area contributed by atoms with Crippen LogP contribution >= 0.6 is 0 Å². The number of amides is 1. The molecule has 0 bridgehead atoms. The van der Waals surface area contributed by atoms with E-state index in [0.29, 0.717) is 6.61 Å². The van der Waals surface area contributed by atoms with Gasteiger partial charge in [-0.3, -0.25) is 4.79 Å². The zero-order valence-corrected chi connectivity index (χ0v) is 8.58. The van der Waals surface area contributed by atoms with Gasteiger partial charge in [-0.05, 0) is 12.5 Å². The summed E-state index contributed by atoms with van der Waals surface area (Å²) in [6, 6.07) is 0.346. The van der Waals surface area contributed by atoms with Crippen LogP contribution in [0.5, 0.6) is 0 Å². The number of ether oxygens (including phenoxy) is 1. The largest absolute Gasteiger partial charge is 0.378 e. The van der Waals surface area contributed by atoms with Crippen molar-refractivity contribution in [2.75, 3.05) is 19.8 Å². The van der Waals surface area contributed by atoms with E-state index >= 15 is 0 Å². The van der Waals surface area contributed by atoms with Crippen molar-refractivity contribution in [3.8, 4) is 0 Å². The van der Waals surface area contributed by atoms with Crippen LogP contribution in [0.1, 0.15) is 13.3 Å². The second-order valence-corrected chi connectivity index (χ2v) is 3.36. The van der Waals surface area contributed by atoms with Gasteiger partial charge in [0.05, 0.1) is 19.3 Å². The molecule has 0 aromatic carbocycles. The first-order valence-electron chi connectivity index (χ1n) is 5.02. The summed E-state index contributed by atoms with van der Waals surface area (Å²) in [6.07, 6.45) is 2.19. The first-order valence-corrected chi connectivity index (χ1v) is 5.02. The Kier molecular flexibility index (Phi) is 4.62. The number of hydrogen-bond acceptors (Lipinski definition) is 3. The van der Waals surface area contributed by atoms with Crippen LogP contribution in [0, 0.1) is 0 Å². The van der Waals surface area contributed by atoms with Crippen LogP contribution in [0.2, 0.25) is 0 Å². The van der Waals surface area contributed by atoms with Crippen molar-refractivity contribution in [1.82, 2.24) is 10.6 Å². The van der Waals surface area contributed by atoms with E-state index in [-0.39, 0.29) is 18.0 Å². The second kappa shape index (κ2) is 5.78. The molecule has 1 amide bonds. The molecule has 1 fully saturated rings. The van der Waals surface area contributed by atoms with Gasteiger partial charge in [-0.2, -0.15) is 0 Å². The fourth-order valence-electron chi connectivity index (χ4n) is 1.57. The zero-order valence-electron chi connectivity index (χ0n) is 8.58. The van der Waals surface area contributed by atoms with E-state index in [1.807, 2.05) is 6.92 Å². The SMILES string of the molecule is C=CC(=O)NC(CC)C1COCCN1. The number of rotatable bonds is 4. The molecule has 2 N–H and O–H groups in total. The van der Waals surface area contributed by atoms with Crippen LogP contribution in [-0.4, -0.2) is 37.7 Å². The number of carbonyl (C=O) groups is 1. The minimum atomic E-state index is -0.121. The summed E-state index contributed by atoms with van der Waals surface area (Å²) in [4.78, 5) is 11.1. The average molecular weight is 198 g/mol. The Morgan fingerprint density at radius 3 is 3.14 bits per heavy atom. The summed E-state index contributed by atoms with van der Waals surface area (Å²) in [5.74, 6) is -0.121. The lowest BCUT2D eigenvalue weighted by molar-refractivity contribution is -0.117. The fourth-order valence-corrected chi connectivity index (χ4v) is 1.57. The molecule has 0 aromatic rings. The first kappa shape index (κ1) is 11.2. The Hall–Kier alpha value is -0.870. The standard InChI is InChI=1S/C10H18N2O2/c1-3-8(12-10(13)4-2)9-7-14-6-5-11-9/h4,8-9,11H,2-3,5-7H2,1H3,(H,12,13). The van der Waals surface area contributed by atoms with Crippen molar-refractivity contribution < 1.29 is 9.53 Å². The molecule has 1 heterocycles. The lowest BCUT2D eigenvalue weighted by Gasteiger charge is -2.30. The Balaban J connectivity index is 2.42. The number of carbonyl (C=O) groups excluding carboxylic acids is 1. The summed E-state index contributed by atoms with van der Waals surface area (Å²) in [6.45, 7) is 7.74. The third-order valence-corrected chi connectivity index (χ3v) is 2.39. The Labute approximate surface area is 84.7 Å². The number of morpholine rings is 1. The predicted octanol–water partition coefficient (Wildman–Crippen LogP) is 0.0556. The zero-order chi connectivity index (χ0) is 10.4. The highest BCUT2D eigenvalue weighted by atomic mass is 16.5. The lowest BCUT2D eigenvalue weighted by Crippen LogP contribution is -2.54. The second-order valence-electron chi connectivity index (χ2n) is 3.36. The fraction of sp³-hybridized carbons (Fsp3) is 0.700. The van der Waals surface area contributed by atoms with Gasteiger partial charge >= 0.3 is 0 Å². The molecule has 0 spiro atoms. The van der Waals surface area contributed by atoms with Gasteiger partial charge in [0.1, 0.15) is 0 Å². The third-order valence-electron chi connectivity index (χ3n) is 2.39. The highest BCUT2D eigenvalue weighted by Crippen LogP contribution is 2.03. The van der Waals surface area contributed by atoms with E-state index in [4.69, 9.17) is 4.74 Å². The Morgan fingerprint density at radius 2 is 2.64 bits per heavy atom. The van der Waals surface area contributed by atoms with E-state index < -0.39 is 0 Å². The molecule has 2 atom stereocenters. The predicted molar refractivity (Wildman–Crippen MR) is 55.0 cm³/mol. The lowest BCUT2D eigenvalue weighted by atomic mass is 10.1. The van der Waals surface area contributed by atoms with Crippen LogP contribution in [-0.2, 0) is 9.53 Å². The summed E-state index contributed by atoms with van der Waals surface area (Å²) >= 11 is 0. The molecule has 4 nitrogen and oxygen atoms in total. The molecule has 0 saturated carbocycles. The molecule has 2 unspecified atom stereocenters. The molecule has 1 aliphatic rings. The maximum Gasteiger partial charge on any atom is 0.243 e. The summed E-state index contributed by atoms with van der Waals surface area (Å²) < 4.78 is 5.34. The van der Waals surface area contributed by atoms with Crippen LogP contribution in [0.25, 0.3) is 0 Å². The highest BCUT2D eigenvalue weighted by Gasteiger charge is 2.22. The number of nitrogens with one attached hydrogen (secondary N) is 2. The molecule has 0 aliphatic carbocycles. The van der Waals surface area contributed by atoms with Crippen molar-refractivity contribution in [2.45, 2.75) is 25.4 Å². The van der Waals surface area contributed by atoms with Crippen molar-refractivity contribution in [3.05, 3.63) is 12.7 Å². The average Bonchev–Trinajstić information content (AvgIpc) is 2.26. The van der Waals surface area contributed by atoms with Gasteiger partial charge in [0, 0.05) is 12.6 Å². The molecule has 1 saturated heterocycles. The van der Waals surface area contributed by atoms with Gasteiger partial charge < -0.3 is 15.4 Å². The molecule has 4 heteroatoms. The van der Waals surface area contributed by atoms with Gasteiger partial charge in [-0.25, -0.2) is 0 Å². The molecule has 1 aliphatic heterocycles. The summed E-state index contributed by atoms with van der Waals surface area (Å²) in [5.41, 5.74) is 0. The molecule has 0 aromatic heterocycles. The van der Waals surface area contributed by atoms with Crippen molar-refractivity contribution in [2.24, 2.45) is 0 Å². The number of hydrogen-bond donors (Lipinski definition) is 2. The van der Waals surface area contributed by atoms with Crippen LogP contribution < -0.4 is 10.6 Å². The molecule has 14 heavy (non-hydrogen) atoms. The van der Waals surface area contributed by atoms with Crippen LogP contribution in [0.15, 0.2) is 12.7 Å². The molecular formula is C10H18N2O2. The normalized spacial score (nSPS) is 23.9. The summed E-state index contributed by atoms with van der Waals surface area (Å²) in [7, 11) is 0. The third kappa shape index (κ3) is 3.12. The van der Waals surface area contributed by atoms with Crippen molar-refractivity contribution in [1.29, 1.82) is 0 Å². The van der Waals surface area contributed by atoms with E-state index in [0.717, 1.165) is 19.6 Å². The topological polar surface area (TPSA) is 50.4 Å². The molecule has 1 rings (SSSR count). The van der Waals surface area contributed by atoms with Crippen molar-refractivity contribution >= 4 is 5.91 Å². The molecular weight excluding hydrogens is 180 g/mol. The maximum atomic E-state index is 11.1. The Morgan fingerprint density at radius 1 is 1.86 bits per heavy atom. The maximum absolute atomic E-state index is 11.1. The minimum Gasteiger partial charge on any atom is -0.378 e. The van der Waals surface area contributed by atoms with E-state index in [2.05, 4.69) is 17.2 Å². The smallest absolute Gasteiger partial charge is 0.243 e. The van der Waals surface area contributed by atoms with Gasteiger partial charge in [0.25, 0.3) is 0 Å². The monoisotopic (exact) mass is 198 g/mol. The Bertz CT molecular complexity index is 200. The minimum absolute atomic E-state index is 0.121. The van der Waals surface area contributed by atoms with E-state index in [1.165, 1.54) is 6.08 Å². The van der Waals surface area contributed by atoms with Crippen LogP contribution in [0.3, 0.4) is 0 Å². The van der Waals surface area contributed by atoms with Gasteiger partial charge in [-0.1, -0.05) is 13.5 Å². The quantitative estimate of drug-likeness (QED) is 0.628. The van der Waals surface area contributed by atoms with Crippen molar-refractivity contribution in [3.63, 3.8) is 0 Å². The van der Waals surface area contributed by atoms with E-state index in [1.54, 1.807) is 0 Å². The van der Waals surface area contributed by atoms with Gasteiger partial charge in [0.15, 0.2) is 0 Å². The van der Waals surface area contributed by atoms with Gasteiger partial charge in [0.2, 0.25) is 5.91 Å². The highest BCUT2D eigenvalue weighted by molar-refractivity contribution is 5.87. The van der Waals surface area contributed by atoms with Gasteiger partial charge in [-0.15, -0.1) is 0 Å². The summed E-state index contributed by atoms with van der Waals surface area (Å²) in [5, 5.41) is 6.21. The van der Waals surface area contributed by atoms with Crippen LogP contribution in [0.4, 0.5) is 0 Å². The van der Waals surface area contributed by atoms with E-state index in [9.17, 15) is 4.79 Å².